The van der Waals surface area contributed by atoms with E-state index in [1.165, 1.54) is 6.07 Å². The second-order valence-electron chi connectivity index (χ2n) is 3.40. The highest BCUT2D eigenvalue weighted by Crippen LogP contribution is 2.18. The third kappa shape index (κ3) is 5.01. The zero-order valence-corrected chi connectivity index (χ0v) is 9.98. The van der Waals surface area contributed by atoms with Crippen molar-refractivity contribution in [2.45, 2.75) is 11.1 Å². The molecule has 8 heteroatoms. The zero-order chi connectivity index (χ0) is 13.8. The normalized spacial score (nSPS) is 13.6. The first-order chi connectivity index (χ1) is 8.29. The molecule has 2 N–H and O–H groups in total. The lowest BCUT2D eigenvalue weighted by Gasteiger charge is -2.08. The first kappa shape index (κ1) is 14.9. The van der Waals surface area contributed by atoms with E-state index in [1.807, 2.05) is 0 Å². The number of nitrogens with two attached hydrogens (primary N) is 1. The van der Waals surface area contributed by atoms with Gasteiger partial charge in [0.2, 0.25) is 0 Å². The van der Waals surface area contributed by atoms with E-state index < -0.39 is 29.4 Å². The second kappa shape index (κ2) is 6.14. The van der Waals surface area contributed by atoms with E-state index in [1.54, 1.807) is 0 Å². The number of alkyl halides is 3. The second-order valence-corrected chi connectivity index (χ2v) is 4.94. The molecule has 1 aromatic rings. The number of benzene rings is 1. The van der Waals surface area contributed by atoms with Crippen molar-refractivity contribution in [3.8, 4) is 0 Å². The molecule has 1 unspecified atom stereocenters. The number of hydrogen-bond donors (Lipinski definition) is 1. The summed E-state index contributed by atoms with van der Waals surface area (Å²) in [6.45, 7) is -1.70. The third-order valence-electron chi connectivity index (χ3n) is 1.90. The average molecular weight is 285 g/mol. The summed E-state index contributed by atoms with van der Waals surface area (Å²) in [7, 11) is -1.62. The van der Waals surface area contributed by atoms with E-state index in [9.17, 15) is 21.8 Å². The van der Waals surface area contributed by atoms with Crippen molar-refractivity contribution < 1.29 is 26.5 Å². The lowest BCUT2D eigenvalue weighted by molar-refractivity contribution is -0.172. The monoisotopic (exact) mass is 285 g/mol. The van der Waals surface area contributed by atoms with Crippen LogP contribution in [0.15, 0.2) is 23.1 Å². The van der Waals surface area contributed by atoms with Crippen LogP contribution in [0.3, 0.4) is 0 Å². The number of rotatable bonds is 5. The minimum atomic E-state index is -4.41. The summed E-state index contributed by atoms with van der Waals surface area (Å²) in [5, 5.41) is 0. The molecular formula is C10H11F4NO2S. The number of halogens is 4. The van der Waals surface area contributed by atoms with Crippen molar-refractivity contribution in [3.63, 3.8) is 0 Å². The minimum Gasteiger partial charge on any atom is -0.398 e. The molecular weight excluding hydrogens is 274 g/mol. The summed E-state index contributed by atoms with van der Waals surface area (Å²) >= 11 is 0. The van der Waals surface area contributed by atoms with Gasteiger partial charge in [0.05, 0.1) is 33.7 Å². The molecule has 102 valence electrons. The van der Waals surface area contributed by atoms with Gasteiger partial charge in [-0.05, 0) is 18.2 Å². The maximum atomic E-state index is 12.7. The van der Waals surface area contributed by atoms with Crippen molar-refractivity contribution in [2.24, 2.45) is 0 Å². The lowest BCUT2D eigenvalue weighted by atomic mass is 10.3. The maximum Gasteiger partial charge on any atom is 0.411 e. The fraction of sp³-hybridized carbons (Fsp3) is 0.400. The van der Waals surface area contributed by atoms with Gasteiger partial charge in [0, 0.05) is 0 Å². The molecule has 18 heavy (non-hydrogen) atoms. The Kier molecular flexibility index (Phi) is 5.09. The fourth-order valence-electron chi connectivity index (χ4n) is 1.16. The number of nitrogen functional groups attached to an aromatic ring is 1. The molecule has 3 nitrogen and oxygen atoms in total. The summed E-state index contributed by atoms with van der Waals surface area (Å²) < 4.78 is 63.9. The molecule has 0 saturated carbocycles. The topological polar surface area (TPSA) is 52.3 Å². The van der Waals surface area contributed by atoms with Crippen LogP contribution in [0.2, 0.25) is 0 Å². The molecule has 0 aliphatic heterocycles. The minimum absolute atomic E-state index is 0.00385. The van der Waals surface area contributed by atoms with Gasteiger partial charge >= 0.3 is 6.18 Å². The molecule has 0 heterocycles. The molecule has 1 atom stereocenters. The summed E-state index contributed by atoms with van der Waals surface area (Å²) in [4.78, 5) is 0.187. The quantitative estimate of drug-likeness (QED) is 0.512. The Balaban J connectivity index is 2.46. The van der Waals surface area contributed by atoms with Crippen LogP contribution in [-0.4, -0.2) is 29.4 Å². The first-order valence-electron chi connectivity index (χ1n) is 4.87. The lowest BCUT2D eigenvalue weighted by Crippen LogP contribution is -2.19. The van der Waals surface area contributed by atoms with Crippen molar-refractivity contribution in [1.82, 2.24) is 0 Å². The Morgan fingerprint density at radius 1 is 1.33 bits per heavy atom. The Bertz CT molecular complexity index is 436. The van der Waals surface area contributed by atoms with Crippen molar-refractivity contribution in [3.05, 3.63) is 24.0 Å². The molecule has 1 rings (SSSR count). The molecule has 0 fully saturated rings. The highest BCUT2D eigenvalue weighted by Gasteiger charge is 2.27. The number of hydrogen-bond acceptors (Lipinski definition) is 3. The largest absolute Gasteiger partial charge is 0.411 e. The van der Waals surface area contributed by atoms with Crippen LogP contribution >= 0.6 is 0 Å². The van der Waals surface area contributed by atoms with E-state index in [4.69, 9.17) is 5.73 Å². The Morgan fingerprint density at radius 2 is 2.00 bits per heavy atom. The number of ether oxygens (including phenoxy) is 1. The van der Waals surface area contributed by atoms with Crippen molar-refractivity contribution in [1.29, 1.82) is 0 Å². The standard InChI is InChI=1S/C10H11F4NO2S/c11-7-1-2-9(8(15)5-7)18(16)4-3-17-6-10(12,13)14/h1-2,5H,3-4,6,15H2. The molecule has 0 bridgehead atoms. The van der Waals surface area contributed by atoms with Crippen molar-refractivity contribution >= 4 is 16.5 Å². The molecule has 0 aliphatic rings. The van der Waals surface area contributed by atoms with Crippen LogP contribution in [0.1, 0.15) is 0 Å². The SMILES string of the molecule is Nc1cc(F)ccc1S(=O)CCOCC(F)(F)F. The summed E-state index contributed by atoms with van der Waals surface area (Å²) in [5.74, 6) is -0.701. The van der Waals surface area contributed by atoms with E-state index in [0.29, 0.717) is 0 Å². The highest BCUT2D eigenvalue weighted by atomic mass is 32.2. The molecule has 0 aliphatic carbocycles. The molecule has 0 radical (unpaired) electrons. The van der Waals surface area contributed by atoms with Crippen LogP contribution < -0.4 is 5.73 Å². The van der Waals surface area contributed by atoms with Gasteiger partial charge in [0.15, 0.2) is 0 Å². The van der Waals surface area contributed by atoms with Gasteiger partial charge in [0.1, 0.15) is 12.4 Å². The predicted octanol–water partition coefficient (Wildman–Crippen LogP) is 2.09. The summed E-state index contributed by atoms with van der Waals surface area (Å²) in [6.07, 6.45) is -4.41. The van der Waals surface area contributed by atoms with Gasteiger partial charge < -0.3 is 10.5 Å². The molecule has 0 saturated heterocycles. The van der Waals surface area contributed by atoms with E-state index >= 15 is 0 Å². The predicted molar refractivity (Wildman–Crippen MR) is 59.0 cm³/mol. The van der Waals surface area contributed by atoms with Gasteiger partial charge in [0.25, 0.3) is 0 Å². The Labute approximate surface area is 103 Å². The van der Waals surface area contributed by atoms with Crippen LogP contribution in [-0.2, 0) is 15.5 Å². The van der Waals surface area contributed by atoms with E-state index in [2.05, 4.69) is 4.74 Å². The van der Waals surface area contributed by atoms with Crippen LogP contribution in [0.4, 0.5) is 23.2 Å². The Hall–Kier alpha value is -1.15. The Morgan fingerprint density at radius 3 is 2.56 bits per heavy atom. The highest BCUT2D eigenvalue weighted by molar-refractivity contribution is 7.85. The smallest absolute Gasteiger partial charge is 0.398 e. The van der Waals surface area contributed by atoms with Crippen molar-refractivity contribution in [2.75, 3.05) is 24.7 Å². The maximum absolute atomic E-state index is 12.7. The average Bonchev–Trinajstić information content (AvgIpc) is 2.22. The van der Waals surface area contributed by atoms with Gasteiger partial charge in [-0.25, -0.2) is 4.39 Å². The molecule has 0 aromatic heterocycles. The fourth-order valence-corrected chi connectivity index (χ4v) is 2.19. The third-order valence-corrected chi connectivity index (χ3v) is 3.30. The van der Waals surface area contributed by atoms with Gasteiger partial charge in [-0.1, -0.05) is 0 Å². The van der Waals surface area contributed by atoms with E-state index in [-0.39, 0.29) is 22.9 Å². The van der Waals surface area contributed by atoms with Crippen LogP contribution in [0.25, 0.3) is 0 Å². The van der Waals surface area contributed by atoms with Crippen LogP contribution in [0.5, 0.6) is 0 Å². The zero-order valence-electron chi connectivity index (χ0n) is 9.17. The molecule has 0 amide bonds. The van der Waals surface area contributed by atoms with Gasteiger partial charge in [-0.2, -0.15) is 13.2 Å². The van der Waals surface area contributed by atoms with Gasteiger partial charge in [-0.3, -0.25) is 4.21 Å². The summed E-state index contributed by atoms with van der Waals surface area (Å²) in [5.41, 5.74) is 5.45. The van der Waals surface area contributed by atoms with E-state index in [0.717, 1.165) is 12.1 Å². The molecule has 1 aromatic carbocycles. The summed E-state index contributed by atoms with van der Waals surface area (Å²) in [6, 6.07) is 3.33. The first-order valence-corrected chi connectivity index (χ1v) is 6.19. The molecule has 0 spiro atoms. The van der Waals surface area contributed by atoms with Gasteiger partial charge in [-0.15, -0.1) is 0 Å². The van der Waals surface area contributed by atoms with Crippen LogP contribution in [0, 0.1) is 5.82 Å². The number of anilines is 1.